The molecule has 3 rings (SSSR count). The van der Waals surface area contributed by atoms with Gasteiger partial charge in [-0.1, -0.05) is 25.1 Å². The minimum absolute atomic E-state index is 0.0458. The summed E-state index contributed by atoms with van der Waals surface area (Å²) in [6, 6.07) is 4.72. The first kappa shape index (κ1) is 19.2. The zero-order valence-corrected chi connectivity index (χ0v) is 15.5. The molecule has 2 aromatic heterocycles. The number of carbonyl (C=O) groups is 2. The van der Waals surface area contributed by atoms with Gasteiger partial charge < -0.3 is 9.15 Å². The van der Waals surface area contributed by atoms with Crippen LogP contribution in [0.15, 0.2) is 34.9 Å². The first-order valence-corrected chi connectivity index (χ1v) is 8.51. The number of benzene rings is 1. The normalized spacial score (nSPS) is 12.6. The Balaban J connectivity index is 1.97. The second-order valence-corrected chi connectivity index (χ2v) is 6.37. The number of nitrogens with one attached hydrogen (secondary N) is 1. The van der Waals surface area contributed by atoms with Crippen LogP contribution in [0.4, 0.5) is 0 Å². The summed E-state index contributed by atoms with van der Waals surface area (Å²) in [5.41, 5.74) is 2.85. The minimum atomic E-state index is -0.674. The molecule has 0 aliphatic carbocycles. The Labute approximate surface area is 159 Å². The van der Waals surface area contributed by atoms with Gasteiger partial charge in [-0.25, -0.2) is 15.1 Å². The third-order valence-electron chi connectivity index (χ3n) is 3.87. The molecule has 0 fully saturated rings. The molecule has 0 saturated heterocycles. The van der Waals surface area contributed by atoms with Crippen LogP contribution >= 0.6 is 0 Å². The molecule has 28 heavy (non-hydrogen) atoms. The Bertz CT molecular complexity index is 1040. The van der Waals surface area contributed by atoms with E-state index in [1.165, 1.54) is 18.5 Å². The lowest BCUT2D eigenvalue weighted by Gasteiger charge is -2.16. The standard InChI is InChI=1S/C18H19N5O5/c1-10(2)17(23-9-12(20-22-23)7-8-15(25)21-26)18-19-16-13(27-11(3)24)5-4-6-14(16)28-18/h4-10,17,26H,1-3H3,(H,21,25)/b8-7+. The molecule has 0 saturated carbocycles. The van der Waals surface area contributed by atoms with Crippen LogP contribution in [-0.2, 0) is 9.59 Å². The number of rotatable bonds is 6. The van der Waals surface area contributed by atoms with Gasteiger partial charge in [-0.15, -0.1) is 5.10 Å². The van der Waals surface area contributed by atoms with Gasteiger partial charge in [-0.3, -0.25) is 14.8 Å². The lowest BCUT2D eigenvalue weighted by Crippen LogP contribution is -2.17. The van der Waals surface area contributed by atoms with Crippen molar-refractivity contribution in [2.75, 3.05) is 0 Å². The van der Waals surface area contributed by atoms with E-state index in [2.05, 4.69) is 15.3 Å². The first-order valence-electron chi connectivity index (χ1n) is 8.51. The van der Waals surface area contributed by atoms with E-state index in [1.54, 1.807) is 29.1 Å². The van der Waals surface area contributed by atoms with Crippen molar-refractivity contribution in [3.05, 3.63) is 42.1 Å². The Hall–Kier alpha value is -3.53. The summed E-state index contributed by atoms with van der Waals surface area (Å²) in [5, 5.41) is 16.6. The van der Waals surface area contributed by atoms with E-state index in [1.807, 2.05) is 13.8 Å². The van der Waals surface area contributed by atoms with E-state index in [0.29, 0.717) is 28.4 Å². The number of hydroxylamine groups is 1. The van der Waals surface area contributed by atoms with Crippen LogP contribution in [-0.4, -0.2) is 37.1 Å². The van der Waals surface area contributed by atoms with Crippen LogP contribution in [0.25, 0.3) is 17.2 Å². The van der Waals surface area contributed by atoms with Crippen LogP contribution < -0.4 is 10.2 Å². The van der Waals surface area contributed by atoms with Crippen LogP contribution in [0, 0.1) is 5.92 Å². The average molecular weight is 385 g/mol. The van der Waals surface area contributed by atoms with E-state index in [0.717, 1.165) is 6.08 Å². The van der Waals surface area contributed by atoms with Crippen molar-refractivity contribution in [2.45, 2.75) is 26.8 Å². The van der Waals surface area contributed by atoms with Crippen LogP contribution in [0.3, 0.4) is 0 Å². The van der Waals surface area contributed by atoms with Gasteiger partial charge in [-0.05, 0) is 24.1 Å². The van der Waals surface area contributed by atoms with Crippen molar-refractivity contribution in [3.63, 3.8) is 0 Å². The van der Waals surface area contributed by atoms with Crippen LogP contribution in [0.2, 0.25) is 0 Å². The van der Waals surface area contributed by atoms with E-state index < -0.39 is 11.9 Å². The Morgan fingerprint density at radius 1 is 1.36 bits per heavy atom. The largest absolute Gasteiger partial charge is 0.438 e. The number of nitrogens with zero attached hydrogens (tertiary/aromatic N) is 4. The molecule has 1 atom stereocenters. The lowest BCUT2D eigenvalue weighted by molar-refractivity contribution is -0.131. The molecule has 3 aromatic rings. The van der Waals surface area contributed by atoms with Crippen molar-refractivity contribution in [1.82, 2.24) is 25.5 Å². The summed E-state index contributed by atoms with van der Waals surface area (Å²) in [5.74, 6) is -0.369. The molecular formula is C18H19N5O5. The molecule has 0 aliphatic heterocycles. The molecule has 1 amide bonds. The highest BCUT2D eigenvalue weighted by Crippen LogP contribution is 2.32. The highest BCUT2D eigenvalue weighted by Gasteiger charge is 2.26. The molecule has 1 aromatic carbocycles. The van der Waals surface area contributed by atoms with Crippen LogP contribution in [0.5, 0.6) is 5.75 Å². The number of ether oxygens (including phenoxy) is 1. The molecule has 0 radical (unpaired) electrons. The second kappa shape index (κ2) is 8.01. The summed E-state index contributed by atoms with van der Waals surface area (Å²) < 4.78 is 12.7. The number of para-hydroxylation sites is 1. The van der Waals surface area contributed by atoms with Gasteiger partial charge in [-0.2, -0.15) is 0 Å². The molecule has 1 unspecified atom stereocenters. The fraction of sp³-hybridized carbons (Fsp3) is 0.278. The first-order chi connectivity index (χ1) is 13.4. The second-order valence-electron chi connectivity index (χ2n) is 6.37. The fourth-order valence-corrected chi connectivity index (χ4v) is 2.71. The predicted molar refractivity (Wildman–Crippen MR) is 97.3 cm³/mol. The monoisotopic (exact) mass is 385 g/mol. The van der Waals surface area contributed by atoms with Gasteiger partial charge in [0.15, 0.2) is 16.8 Å². The molecule has 0 aliphatic rings. The molecule has 0 bridgehead atoms. The zero-order valence-electron chi connectivity index (χ0n) is 15.5. The van der Waals surface area contributed by atoms with E-state index in [9.17, 15) is 9.59 Å². The number of aromatic nitrogens is 4. The smallest absolute Gasteiger partial charge is 0.308 e. The van der Waals surface area contributed by atoms with Crippen molar-refractivity contribution < 1.29 is 24.0 Å². The Morgan fingerprint density at radius 2 is 2.14 bits per heavy atom. The summed E-state index contributed by atoms with van der Waals surface area (Å²) in [6.45, 7) is 5.27. The third-order valence-corrected chi connectivity index (χ3v) is 3.87. The topological polar surface area (TPSA) is 132 Å². The predicted octanol–water partition coefficient (Wildman–Crippen LogP) is 2.11. The van der Waals surface area contributed by atoms with Crippen molar-refractivity contribution in [3.8, 4) is 5.75 Å². The number of carbonyl (C=O) groups excluding carboxylic acids is 2. The van der Waals surface area contributed by atoms with Gasteiger partial charge in [0.25, 0.3) is 5.91 Å². The molecule has 0 spiro atoms. The van der Waals surface area contributed by atoms with E-state index in [-0.39, 0.29) is 12.0 Å². The number of amides is 1. The zero-order chi connectivity index (χ0) is 20.3. The molecular weight excluding hydrogens is 366 g/mol. The van der Waals surface area contributed by atoms with Gasteiger partial charge in [0.1, 0.15) is 11.7 Å². The number of hydrogen-bond acceptors (Lipinski definition) is 8. The lowest BCUT2D eigenvalue weighted by atomic mass is 10.0. The summed E-state index contributed by atoms with van der Waals surface area (Å²) in [6.07, 6.45) is 4.18. The summed E-state index contributed by atoms with van der Waals surface area (Å²) >= 11 is 0. The molecule has 2 N–H and O–H groups in total. The molecule has 10 nitrogen and oxygen atoms in total. The van der Waals surface area contributed by atoms with Gasteiger partial charge >= 0.3 is 5.97 Å². The van der Waals surface area contributed by atoms with Crippen molar-refractivity contribution >= 4 is 29.1 Å². The highest BCUT2D eigenvalue weighted by atomic mass is 16.5. The average Bonchev–Trinajstić information content (AvgIpc) is 3.27. The number of esters is 1. The minimum Gasteiger partial charge on any atom is -0.438 e. The summed E-state index contributed by atoms with van der Waals surface area (Å²) in [4.78, 5) is 26.9. The number of fused-ring (bicyclic) bond motifs is 1. The summed E-state index contributed by atoms with van der Waals surface area (Å²) in [7, 11) is 0. The maximum Gasteiger partial charge on any atom is 0.308 e. The maximum absolute atomic E-state index is 11.3. The van der Waals surface area contributed by atoms with Crippen LogP contribution in [0.1, 0.15) is 38.4 Å². The third kappa shape index (κ3) is 4.07. The number of oxazole rings is 1. The SMILES string of the molecule is CC(=O)Oc1cccc2oc(C(C(C)C)n3cc(/C=C/C(=O)NO)nn3)nc12. The Kier molecular flexibility index (Phi) is 5.50. The molecule has 2 heterocycles. The van der Waals surface area contributed by atoms with E-state index >= 15 is 0 Å². The quantitative estimate of drug-likeness (QED) is 0.217. The maximum atomic E-state index is 11.3. The number of hydrogen-bond donors (Lipinski definition) is 2. The fourth-order valence-electron chi connectivity index (χ4n) is 2.71. The Morgan fingerprint density at radius 3 is 2.82 bits per heavy atom. The van der Waals surface area contributed by atoms with E-state index in [4.69, 9.17) is 14.4 Å². The highest BCUT2D eigenvalue weighted by molar-refractivity contribution is 5.90. The van der Waals surface area contributed by atoms with Gasteiger partial charge in [0, 0.05) is 13.0 Å². The molecule has 146 valence electrons. The van der Waals surface area contributed by atoms with Crippen molar-refractivity contribution in [1.29, 1.82) is 0 Å². The van der Waals surface area contributed by atoms with Gasteiger partial charge in [0.2, 0.25) is 5.89 Å². The van der Waals surface area contributed by atoms with Gasteiger partial charge in [0.05, 0.1) is 6.20 Å². The molecule has 10 heteroatoms. The van der Waals surface area contributed by atoms with Crippen molar-refractivity contribution in [2.24, 2.45) is 5.92 Å².